The lowest BCUT2D eigenvalue weighted by atomic mass is 10.1. The van der Waals surface area contributed by atoms with Crippen molar-refractivity contribution in [2.75, 3.05) is 24.6 Å². The molecule has 0 atom stereocenters. The molecular formula is C19H19N3O2S2. The number of hydrogen-bond donors (Lipinski definition) is 0. The molecule has 7 heteroatoms. The van der Waals surface area contributed by atoms with Crippen molar-refractivity contribution in [1.82, 2.24) is 9.47 Å². The third kappa shape index (κ3) is 2.79. The maximum atomic E-state index is 12.9. The number of hydrogen-bond acceptors (Lipinski definition) is 5. The highest BCUT2D eigenvalue weighted by molar-refractivity contribution is 8.39. The van der Waals surface area contributed by atoms with Gasteiger partial charge in [-0.2, -0.15) is 0 Å². The zero-order valence-corrected chi connectivity index (χ0v) is 16.3. The van der Waals surface area contributed by atoms with Gasteiger partial charge in [0.05, 0.1) is 17.7 Å². The molecule has 134 valence electrons. The van der Waals surface area contributed by atoms with Crippen LogP contribution in [-0.4, -0.2) is 50.3 Å². The first-order valence-corrected chi connectivity index (χ1v) is 10.5. The zero-order chi connectivity index (χ0) is 18.3. The second kappa shape index (κ2) is 6.96. The van der Waals surface area contributed by atoms with Gasteiger partial charge in [-0.25, -0.2) is 0 Å². The molecule has 0 radical (unpaired) electrons. The maximum Gasteiger partial charge on any atom is 0.263 e. The number of para-hydroxylation sites is 1. The summed E-state index contributed by atoms with van der Waals surface area (Å²) in [6, 6.07) is 9.83. The molecule has 2 aromatic rings. The fourth-order valence-corrected chi connectivity index (χ4v) is 5.52. The van der Waals surface area contributed by atoms with Gasteiger partial charge in [0.25, 0.3) is 11.8 Å². The summed E-state index contributed by atoms with van der Waals surface area (Å²) in [4.78, 5) is 31.6. The van der Waals surface area contributed by atoms with Crippen LogP contribution in [0.4, 0.5) is 0 Å². The molecule has 0 saturated heterocycles. The van der Waals surface area contributed by atoms with E-state index in [1.54, 1.807) is 23.5 Å². The highest BCUT2D eigenvalue weighted by Gasteiger charge is 2.41. The van der Waals surface area contributed by atoms with Crippen LogP contribution in [-0.2, 0) is 0 Å². The summed E-state index contributed by atoms with van der Waals surface area (Å²) in [6.45, 7) is 5.10. The van der Waals surface area contributed by atoms with Crippen molar-refractivity contribution in [3.63, 3.8) is 0 Å². The molecule has 1 aromatic heterocycles. The number of aromatic nitrogens is 1. The van der Waals surface area contributed by atoms with Gasteiger partial charge in [-0.15, -0.1) is 0 Å². The van der Waals surface area contributed by atoms with E-state index in [2.05, 4.69) is 4.99 Å². The summed E-state index contributed by atoms with van der Waals surface area (Å²) < 4.78 is 3.06. The molecule has 4 rings (SSSR count). The molecule has 0 spiro atoms. The molecule has 2 aliphatic rings. The summed E-state index contributed by atoms with van der Waals surface area (Å²) in [7, 11) is 0. The normalized spacial score (nSPS) is 16.4. The molecule has 2 aliphatic heterocycles. The van der Waals surface area contributed by atoms with Crippen LogP contribution < -0.4 is 0 Å². The van der Waals surface area contributed by atoms with Gasteiger partial charge in [0, 0.05) is 35.1 Å². The highest BCUT2D eigenvalue weighted by atomic mass is 32.2. The van der Waals surface area contributed by atoms with Crippen LogP contribution in [0.1, 0.15) is 32.1 Å². The van der Waals surface area contributed by atoms with Gasteiger partial charge >= 0.3 is 0 Å². The smallest absolute Gasteiger partial charge is 0.263 e. The van der Waals surface area contributed by atoms with Gasteiger partial charge in [0.1, 0.15) is 4.38 Å². The standard InChI is InChI=1S/C19H19N3O2S2/c1-12-15-16(13(2)22(12)14-6-4-3-5-7-14)18(24)21(17(15)23)9-11-26-19-20-8-10-25-19/h3-7H,8-11H2,1-2H3. The lowest BCUT2D eigenvalue weighted by Crippen LogP contribution is -2.33. The first-order chi connectivity index (χ1) is 12.6. The third-order valence-electron chi connectivity index (χ3n) is 4.68. The number of amides is 2. The van der Waals surface area contributed by atoms with Gasteiger partial charge in [-0.3, -0.25) is 19.5 Å². The largest absolute Gasteiger partial charge is 0.317 e. The van der Waals surface area contributed by atoms with E-state index in [-0.39, 0.29) is 11.8 Å². The molecule has 0 saturated carbocycles. The third-order valence-corrected chi connectivity index (χ3v) is 6.91. The quantitative estimate of drug-likeness (QED) is 0.756. The van der Waals surface area contributed by atoms with E-state index in [0.29, 0.717) is 23.4 Å². The minimum atomic E-state index is -0.179. The molecule has 0 fully saturated rings. The Bertz CT molecular complexity index is 879. The van der Waals surface area contributed by atoms with E-state index in [9.17, 15) is 9.59 Å². The first kappa shape index (κ1) is 17.4. The van der Waals surface area contributed by atoms with Crippen molar-refractivity contribution in [3.05, 3.63) is 52.8 Å². The number of thioether (sulfide) groups is 2. The van der Waals surface area contributed by atoms with Crippen molar-refractivity contribution in [2.45, 2.75) is 13.8 Å². The fourth-order valence-electron chi connectivity index (χ4n) is 3.52. The van der Waals surface area contributed by atoms with E-state index in [1.807, 2.05) is 48.7 Å². The van der Waals surface area contributed by atoms with Crippen LogP contribution in [0.2, 0.25) is 0 Å². The van der Waals surface area contributed by atoms with Gasteiger partial charge < -0.3 is 4.57 Å². The Morgan fingerprint density at radius 3 is 2.31 bits per heavy atom. The van der Waals surface area contributed by atoms with E-state index in [1.165, 1.54) is 4.90 Å². The second-order valence-corrected chi connectivity index (χ2v) is 8.62. The Balaban J connectivity index is 1.58. The van der Waals surface area contributed by atoms with Gasteiger partial charge in [0.2, 0.25) is 0 Å². The fraction of sp³-hybridized carbons (Fsp3) is 0.316. The Labute approximate surface area is 160 Å². The van der Waals surface area contributed by atoms with Crippen LogP contribution >= 0.6 is 23.5 Å². The minimum absolute atomic E-state index is 0.179. The van der Waals surface area contributed by atoms with Crippen LogP contribution in [0, 0.1) is 13.8 Å². The molecule has 1 aromatic carbocycles. The van der Waals surface area contributed by atoms with Crippen molar-refractivity contribution in [2.24, 2.45) is 4.99 Å². The number of fused-ring (bicyclic) bond motifs is 1. The Kier molecular flexibility index (Phi) is 4.67. The second-order valence-electron chi connectivity index (χ2n) is 6.20. The minimum Gasteiger partial charge on any atom is -0.317 e. The van der Waals surface area contributed by atoms with E-state index in [0.717, 1.165) is 33.7 Å². The highest BCUT2D eigenvalue weighted by Crippen LogP contribution is 2.33. The maximum absolute atomic E-state index is 12.9. The van der Waals surface area contributed by atoms with Gasteiger partial charge in [-0.05, 0) is 26.0 Å². The summed E-state index contributed by atoms with van der Waals surface area (Å²) in [6.07, 6.45) is 0. The van der Waals surface area contributed by atoms with Crippen LogP contribution in [0.15, 0.2) is 35.3 Å². The SMILES string of the molecule is Cc1c2c(c(C)n1-c1ccccc1)C(=O)N(CCSC1=NCCS1)C2=O. The average molecular weight is 386 g/mol. The summed E-state index contributed by atoms with van der Waals surface area (Å²) in [5.41, 5.74) is 3.72. The Morgan fingerprint density at radius 2 is 1.73 bits per heavy atom. The van der Waals surface area contributed by atoms with Crippen LogP contribution in [0.5, 0.6) is 0 Å². The molecule has 2 amide bonds. The molecule has 0 bridgehead atoms. The average Bonchev–Trinajstić information content (AvgIpc) is 3.30. The van der Waals surface area contributed by atoms with Crippen LogP contribution in [0.25, 0.3) is 5.69 Å². The lowest BCUT2D eigenvalue weighted by molar-refractivity contribution is 0.0662. The van der Waals surface area contributed by atoms with Crippen molar-refractivity contribution in [3.8, 4) is 5.69 Å². The number of imide groups is 1. The molecule has 0 aliphatic carbocycles. The van der Waals surface area contributed by atoms with Crippen molar-refractivity contribution in [1.29, 1.82) is 0 Å². The zero-order valence-electron chi connectivity index (χ0n) is 14.7. The molecule has 5 nitrogen and oxygen atoms in total. The van der Waals surface area contributed by atoms with Crippen molar-refractivity contribution >= 4 is 39.7 Å². The molecule has 0 N–H and O–H groups in total. The predicted octanol–water partition coefficient (Wildman–Crippen LogP) is 3.53. The van der Waals surface area contributed by atoms with E-state index in [4.69, 9.17) is 0 Å². The van der Waals surface area contributed by atoms with E-state index >= 15 is 0 Å². The van der Waals surface area contributed by atoms with Gasteiger partial charge in [-0.1, -0.05) is 41.7 Å². The number of benzene rings is 1. The number of aliphatic imine (C=N–C) groups is 1. The first-order valence-electron chi connectivity index (χ1n) is 8.53. The van der Waals surface area contributed by atoms with Crippen molar-refractivity contribution < 1.29 is 9.59 Å². The number of carbonyl (C=O) groups is 2. The van der Waals surface area contributed by atoms with E-state index < -0.39 is 0 Å². The lowest BCUT2D eigenvalue weighted by Gasteiger charge is -2.16. The Hall–Kier alpha value is -1.99. The molecule has 26 heavy (non-hydrogen) atoms. The topological polar surface area (TPSA) is 54.7 Å². The molecular weight excluding hydrogens is 366 g/mol. The number of carbonyl (C=O) groups excluding carboxylic acids is 2. The summed E-state index contributed by atoms with van der Waals surface area (Å²) >= 11 is 3.37. The number of nitrogens with zero attached hydrogens (tertiary/aromatic N) is 3. The van der Waals surface area contributed by atoms with Gasteiger partial charge in [0.15, 0.2) is 0 Å². The number of rotatable bonds is 4. The molecule has 3 heterocycles. The molecule has 0 unspecified atom stereocenters. The summed E-state index contributed by atoms with van der Waals surface area (Å²) in [5, 5.41) is 0. The summed E-state index contributed by atoms with van der Waals surface area (Å²) in [5.74, 6) is 1.35. The predicted molar refractivity (Wildman–Crippen MR) is 108 cm³/mol. The monoisotopic (exact) mass is 385 g/mol. The van der Waals surface area contributed by atoms with Crippen LogP contribution in [0.3, 0.4) is 0 Å². The Morgan fingerprint density at radius 1 is 1.08 bits per heavy atom.